The molecule has 0 radical (unpaired) electrons. The van der Waals surface area contributed by atoms with E-state index >= 15 is 0 Å². The molecule has 1 aliphatic rings. The average molecular weight is 222 g/mol. The Balaban J connectivity index is 2.01. The van der Waals surface area contributed by atoms with E-state index in [1.54, 1.807) is 0 Å². The van der Waals surface area contributed by atoms with E-state index in [0.717, 1.165) is 24.0 Å². The van der Waals surface area contributed by atoms with Gasteiger partial charge in [-0.2, -0.15) is 0 Å². The van der Waals surface area contributed by atoms with E-state index in [1.165, 1.54) is 19.3 Å². The van der Waals surface area contributed by atoms with Crippen LogP contribution in [-0.4, -0.2) is 21.5 Å². The third-order valence-electron chi connectivity index (χ3n) is 3.90. The SMILES string of the molecule is CC1CCC(n2cc(CCN)nn2)CC1C. The Bertz CT molecular complexity index is 334. The summed E-state index contributed by atoms with van der Waals surface area (Å²) >= 11 is 0. The average Bonchev–Trinajstić information content (AvgIpc) is 2.71. The number of aromatic nitrogens is 3. The van der Waals surface area contributed by atoms with Gasteiger partial charge in [-0.1, -0.05) is 19.1 Å². The maximum atomic E-state index is 5.51. The molecule has 1 aromatic rings. The Labute approximate surface area is 97.2 Å². The number of nitrogens with zero attached hydrogens (tertiary/aromatic N) is 3. The number of rotatable bonds is 3. The highest BCUT2D eigenvalue weighted by atomic mass is 15.4. The second-order valence-corrected chi connectivity index (χ2v) is 5.15. The molecule has 1 heterocycles. The minimum Gasteiger partial charge on any atom is -0.330 e. The highest BCUT2D eigenvalue weighted by molar-refractivity contribution is 4.94. The van der Waals surface area contributed by atoms with E-state index in [9.17, 15) is 0 Å². The second kappa shape index (κ2) is 4.95. The van der Waals surface area contributed by atoms with Crippen LogP contribution in [0.15, 0.2) is 6.20 Å². The molecule has 3 unspecified atom stereocenters. The molecule has 90 valence electrons. The molecular weight excluding hydrogens is 200 g/mol. The van der Waals surface area contributed by atoms with Gasteiger partial charge in [-0.3, -0.25) is 0 Å². The summed E-state index contributed by atoms with van der Waals surface area (Å²) in [5.41, 5.74) is 6.53. The third kappa shape index (κ3) is 2.43. The first-order valence-corrected chi connectivity index (χ1v) is 6.31. The first kappa shape index (κ1) is 11.6. The summed E-state index contributed by atoms with van der Waals surface area (Å²) in [5.74, 6) is 1.64. The van der Waals surface area contributed by atoms with Gasteiger partial charge in [-0.15, -0.1) is 5.10 Å². The fourth-order valence-corrected chi connectivity index (χ4v) is 2.51. The Morgan fingerprint density at radius 1 is 1.38 bits per heavy atom. The van der Waals surface area contributed by atoms with Crippen LogP contribution in [0, 0.1) is 11.8 Å². The van der Waals surface area contributed by atoms with Crippen LogP contribution in [-0.2, 0) is 6.42 Å². The van der Waals surface area contributed by atoms with Gasteiger partial charge in [-0.25, -0.2) is 4.68 Å². The second-order valence-electron chi connectivity index (χ2n) is 5.15. The molecule has 0 bridgehead atoms. The van der Waals surface area contributed by atoms with Crippen LogP contribution in [0.1, 0.15) is 44.8 Å². The van der Waals surface area contributed by atoms with Crippen LogP contribution in [0.2, 0.25) is 0 Å². The van der Waals surface area contributed by atoms with Gasteiger partial charge in [0, 0.05) is 12.6 Å². The van der Waals surface area contributed by atoms with Crippen molar-refractivity contribution in [3.8, 4) is 0 Å². The van der Waals surface area contributed by atoms with Crippen molar-refractivity contribution in [3.05, 3.63) is 11.9 Å². The lowest BCUT2D eigenvalue weighted by molar-refractivity contribution is 0.199. The zero-order valence-electron chi connectivity index (χ0n) is 10.3. The van der Waals surface area contributed by atoms with E-state index in [-0.39, 0.29) is 0 Å². The van der Waals surface area contributed by atoms with E-state index < -0.39 is 0 Å². The summed E-state index contributed by atoms with van der Waals surface area (Å²) in [5, 5.41) is 8.39. The molecule has 0 amide bonds. The predicted molar refractivity (Wildman–Crippen MR) is 64.0 cm³/mol. The molecule has 2 rings (SSSR count). The van der Waals surface area contributed by atoms with Gasteiger partial charge in [0.15, 0.2) is 0 Å². The molecule has 1 fully saturated rings. The van der Waals surface area contributed by atoms with E-state index in [1.807, 2.05) is 4.68 Å². The maximum Gasteiger partial charge on any atom is 0.0839 e. The molecule has 0 aromatic carbocycles. The molecule has 1 aliphatic carbocycles. The zero-order chi connectivity index (χ0) is 11.5. The molecule has 1 aromatic heterocycles. The fraction of sp³-hybridized carbons (Fsp3) is 0.833. The van der Waals surface area contributed by atoms with Crippen molar-refractivity contribution >= 4 is 0 Å². The van der Waals surface area contributed by atoms with Crippen molar-refractivity contribution in [1.29, 1.82) is 0 Å². The Kier molecular flexibility index (Phi) is 3.59. The Morgan fingerprint density at radius 3 is 2.88 bits per heavy atom. The first-order valence-electron chi connectivity index (χ1n) is 6.31. The molecule has 0 aliphatic heterocycles. The molecular formula is C12H22N4. The molecule has 1 saturated carbocycles. The van der Waals surface area contributed by atoms with Gasteiger partial charge >= 0.3 is 0 Å². The lowest BCUT2D eigenvalue weighted by Gasteiger charge is -2.31. The van der Waals surface area contributed by atoms with Gasteiger partial charge < -0.3 is 5.73 Å². The molecule has 4 nitrogen and oxygen atoms in total. The van der Waals surface area contributed by atoms with Gasteiger partial charge in [0.2, 0.25) is 0 Å². The summed E-state index contributed by atoms with van der Waals surface area (Å²) in [7, 11) is 0. The number of nitrogens with two attached hydrogens (primary N) is 1. The lowest BCUT2D eigenvalue weighted by Crippen LogP contribution is -2.23. The van der Waals surface area contributed by atoms with Crippen molar-refractivity contribution in [3.63, 3.8) is 0 Å². The van der Waals surface area contributed by atoms with Crippen LogP contribution >= 0.6 is 0 Å². The van der Waals surface area contributed by atoms with Crippen LogP contribution in [0.3, 0.4) is 0 Å². The zero-order valence-corrected chi connectivity index (χ0v) is 10.3. The van der Waals surface area contributed by atoms with Crippen LogP contribution in [0.5, 0.6) is 0 Å². The van der Waals surface area contributed by atoms with E-state index in [0.29, 0.717) is 12.6 Å². The molecule has 0 saturated heterocycles. The van der Waals surface area contributed by atoms with Crippen molar-refractivity contribution in [2.24, 2.45) is 17.6 Å². The molecule has 3 atom stereocenters. The lowest BCUT2D eigenvalue weighted by atomic mass is 9.79. The van der Waals surface area contributed by atoms with Crippen LogP contribution < -0.4 is 5.73 Å². The van der Waals surface area contributed by atoms with Crippen LogP contribution in [0.4, 0.5) is 0 Å². The Morgan fingerprint density at radius 2 is 2.19 bits per heavy atom. The highest BCUT2D eigenvalue weighted by Gasteiger charge is 2.26. The summed E-state index contributed by atoms with van der Waals surface area (Å²) < 4.78 is 2.05. The number of hydrogen-bond donors (Lipinski definition) is 1. The van der Waals surface area contributed by atoms with Crippen molar-refractivity contribution < 1.29 is 0 Å². The van der Waals surface area contributed by atoms with Crippen molar-refractivity contribution in [2.45, 2.75) is 45.6 Å². The van der Waals surface area contributed by atoms with E-state index in [4.69, 9.17) is 5.73 Å². The van der Waals surface area contributed by atoms with Crippen molar-refractivity contribution in [1.82, 2.24) is 15.0 Å². The molecule has 4 heteroatoms. The van der Waals surface area contributed by atoms with Crippen molar-refractivity contribution in [2.75, 3.05) is 6.54 Å². The highest BCUT2D eigenvalue weighted by Crippen LogP contribution is 2.35. The minimum atomic E-state index is 0.547. The molecule has 0 spiro atoms. The molecule has 2 N–H and O–H groups in total. The number of hydrogen-bond acceptors (Lipinski definition) is 3. The summed E-state index contributed by atoms with van der Waals surface area (Å²) in [4.78, 5) is 0. The maximum absolute atomic E-state index is 5.51. The van der Waals surface area contributed by atoms with Gasteiger partial charge in [0.05, 0.1) is 11.7 Å². The van der Waals surface area contributed by atoms with E-state index in [2.05, 4.69) is 30.4 Å². The van der Waals surface area contributed by atoms with Gasteiger partial charge in [-0.05, 0) is 37.6 Å². The van der Waals surface area contributed by atoms with Gasteiger partial charge in [0.25, 0.3) is 0 Å². The topological polar surface area (TPSA) is 56.7 Å². The predicted octanol–water partition coefficient (Wildman–Crippen LogP) is 1.78. The largest absolute Gasteiger partial charge is 0.330 e. The smallest absolute Gasteiger partial charge is 0.0839 e. The normalized spacial score (nSPS) is 30.6. The monoisotopic (exact) mass is 222 g/mol. The van der Waals surface area contributed by atoms with Crippen LogP contribution in [0.25, 0.3) is 0 Å². The van der Waals surface area contributed by atoms with Gasteiger partial charge in [0.1, 0.15) is 0 Å². The standard InChI is InChI=1S/C12H22N4/c1-9-3-4-12(7-10(9)2)16-8-11(5-6-13)14-15-16/h8-10,12H,3-7,13H2,1-2H3. The fourth-order valence-electron chi connectivity index (χ4n) is 2.51. The third-order valence-corrected chi connectivity index (χ3v) is 3.90. The summed E-state index contributed by atoms with van der Waals surface area (Å²) in [6.07, 6.45) is 6.67. The Hall–Kier alpha value is -0.900. The summed E-state index contributed by atoms with van der Waals surface area (Å²) in [6, 6.07) is 0.547. The summed E-state index contributed by atoms with van der Waals surface area (Å²) in [6.45, 7) is 5.34. The molecule has 16 heavy (non-hydrogen) atoms. The minimum absolute atomic E-state index is 0.547. The first-order chi connectivity index (χ1) is 7.70. The quantitative estimate of drug-likeness (QED) is 0.848.